The van der Waals surface area contributed by atoms with Crippen LogP contribution in [0.15, 0.2) is 36.5 Å². The van der Waals surface area contributed by atoms with E-state index in [2.05, 4.69) is 58.2 Å². The van der Waals surface area contributed by atoms with E-state index in [4.69, 9.17) is 4.74 Å². The third-order valence-corrected chi connectivity index (χ3v) is 5.91. The normalized spacial score (nSPS) is 17.7. The molecule has 2 aromatic rings. The average molecular weight is 366 g/mol. The highest BCUT2D eigenvalue weighted by atomic mass is 16.5. The highest BCUT2D eigenvalue weighted by Crippen LogP contribution is 2.46. The third-order valence-electron chi connectivity index (χ3n) is 5.91. The second-order valence-electron chi connectivity index (χ2n) is 8.88. The largest absolute Gasteiger partial charge is 0.463 e. The summed E-state index contributed by atoms with van der Waals surface area (Å²) in [4.78, 5) is 11.6. The monoisotopic (exact) mass is 365 g/mol. The van der Waals surface area contributed by atoms with Crippen LogP contribution >= 0.6 is 0 Å². The summed E-state index contributed by atoms with van der Waals surface area (Å²) in [6, 6.07) is 9.03. The van der Waals surface area contributed by atoms with Gasteiger partial charge in [-0.25, -0.2) is 4.79 Å². The Bertz CT molecular complexity index is 884. The minimum absolute atomic E-state index is 0.197. The van der Waals surface area contributed by atoms with Gasteiger partial charge in [-0.2, -0.15) is 0 Å². The zero-order valence-corrected chi connectivity index (χ0v) is 17.4. The number of carbonyl (C=O) groups is 1. The molecule has 0 radical (unpaired) electrons. The van der Waals surface area contributed by atoms with Gasteiger partial charge in [0, 0.05) is 25.0 Å². The van der Waals surface area contributed by atoms with Crippen molar-refractivity contribution in [3.8, 4) is 11.1 Å². The molecule has 3 nitrogen and oxygen atoms in total. The summed E-state index contributed by atoms with van der Waals surface area (Å²) in [7, 11) is 2.00. The van der Waals surface area contributed by atoms with Gasteiger partial charge in [-0.1, -0.05) is 45.9 Å². The summed E-state index contributed by atoms with van der Waals surface area (Å²) in [6.07, 6.45) is 7.85. The van der Waals surface area contributed by atoms with Crippen LogP contribution < -0.4 is 0 Å². The second-order valence-corrected chi connectivity index (χ2v) is 8.88. The maximum Gasteiger partial charge on any atom is 0.330 e. The Hall–Kier alpha value is -2.29. The standard InChI is InChI=1S/C24H31NO2/c1-7-27-22(26)11-9-19-14-18(16-25(19)6)17-8-10-20-21(15-17)24(4,5)13-12-23(20,2)3/h8-11,14-16H,7,12-13H2,1-6H3/b11-9+. The maximum atomic E-state index is 11.6. The summed E-state index contributed by atoms with van der Waals surface area (Å²) in [5, 5.41) is 0. The smallest absolute Gasteiger partial charge is 0.330 e. The van der Waals surface area contributed by atoms with E-state index >= 15 is 0 Å². The Morgan fingerprint density at radius 2 is 1.74 bits per heavy atom. The lowest BCUT2D eigenvalue weighted by atomic mass is 9.63. The van der Waals surface area contributed by atoms with Crippen LogP contribution in [0.4, 0.5) is 0 Å². The molecule has 0 amide bonds. The summed E-state index contributed by atoms with van der Waals surface area (Å²) in [6.45, 7) is 11.6. The van der Waals surface area contributed by atoms with Crippen molar-refractivity contribution in [2.24, 2.45) is 7.05 Å². The molecule has 0 spiro atoms. The molecule has 0 atom stereocenters. The number of benzene rings is 1. The number of aromatic nitrogens is 1. The van der Waals surface area contributed by atoms with E-state index in [1.807, 2.05) is 24.6 Å². The van der Waals surface area contributed by atoms with Gasteiger partial charge >= 0.3 is 5.97 Å². The molecule has 1 heterocycles. The maximum absolute atomic E-state index is 11.6. The van der Waals surface area contributed by atoms with Crippen LogP contribution in [0.25, 0.3) is 17.2 Å². The van der Waals surface area contributed by atoms with Crippen molar-refractivity contribution >= 4 is 12.0 Å². The molecule has 1 aromatic carbocycles. The first-order valence-electron chi connectivity index (χ1n) is 9.80. The topological polar surface area (TPSA) is 31.2 Å². The summed E-state index contributed by atoms with van der Waals surface area (Å²) < 4.78 is 7.01. The van der Waals surface area contributed by atoms with Crippen LogP contribution in [0.2, 0.25) is 0 Å². The molecule has 1 aliphatic rings. The molecular weight excluding hydrogens is 334 g/mol. The van der Waals surface area contributed by atoms with Crippen LogP contribution in [0.1, 0.15) is 64.3 Å². The number of carbonyl (C=O) groups excluding carboxylic acids is 1. The fraction of sp³-hybridized carbons (Fsp3) is 0.458. The Kier molecular flexibility index (Phi) is 5.07. The zero-order chi connectivity index (χ0) is 19.8. The molecule has 0 unspecified atom stereocenters. The Balaban J connectivity index is 1.97. The third kappa shape index (κ3) is 3.87. The van der Waals surface area contributed by atoms with Crippen LogP contribution in [-0.4, -0.2) is 17.1 Å². The van der Waals surface area contributed by atoms with Crippen molar-refractivity contribution in [3.63, 3.8) is 0 Å². The van der Waals surface area contributed by atoms with Crippen molar-refractivity contribution in [1.82, 2.24) is 4.57 Å². The fourth-order valence-electron chi connectivity index (χ4n) is 4.02. The van der Waals surface area contributed by atoms with Crippen LogP contribution in [0.3, 0.4) is 0 Å². The number of aryl methyl sites for hydroxylation is 1. The number of hydrogen-bond donors (Lipinski definition) is 0. The molecule has 27 heavy (non-hydrogen) atoms. The van der Waals surface area contributed by atoms with Crippen LogP contribution in [0.5, 0.6) is 0 Å². The molecule has 3 heteroatoms. The highest BCUT2D eigenvalue weighted by molar-refractivity contribution is 5.87. The Morgan fingerprint density at radius 1 is 1.07 bits per heavy atom. The predicted molar refractivity (Wildman–Crippen MR) is 112 cm³/mol. The van der Waals surface area contributed by atoms with Gasteiger partial charge in [0.1, 0.15) is 0 Å². The molecule has 0 saturated heterocycles. The summed E-state index contributed by atoms with van der Waals surface area (Å²) >= 11 is 0. The molecule has 0 N–H and O–H groups in total. The van der Waals surface area contributed by atoms with Gasteiger partial charge in [-0.3, -0.25) is 0 Å². The number of esters is 1. The lowest BCUT2D eigenvalue weighted by Gasteiger charge is -2.42. The van der Waals surface area contributed by atoms with Gasteiger partial charge in [-0.05, 0) is 65.0 Å². The Morgan fingerprint density at radius 3 is 2.41 bits per heavy atom. The van der Waals surface area contributed by atoms with Crippen LogP contribution in [-0.2, 0) is 27.4 Å². The number of ether oxygens (including phenoxy) is 1. The van der Waals surface area contributed by atoms with Gasteiger partial charge in [0.05, 0.1) is 6.61 Å². The van der Waals surface area contributed by atoms with Gasteiger partial charge in [0.15, 0.2) is 0 Å². The number of hydrogen-bond acceptors (Lipinski definition) is 2. The summed E-state index contributed by atoms with van der Waals surface area (Å²) in [5.41, 5.74) is 6.74. The first kappa shape index (κ1) is 19.5. The quantitative estimate of drug-likeness (QED) is 0.520. The first-order chi connectivity index (χ1) is 12.6. The van der Waals surface area contributed by atoms with E-state index in [0.717, 1.165) is 5.69 Å². The molecule has 1 aliphatic carbocycles. The summed E-state index contributed by atoms with van der Waals surface area (Å²) in [5.74, 6) is -0.307. The van der Waals surface area contributed by atoms with E-state index < -0.39 is 0 Å². The molecule has 0 aliphatic heterocycles. The molecule has 144 valence electrons. The molecule has 3 rings (SSSR count). The van der Waals surface area contributed by atoms with Gasteiger partial charge < -0.3 is 9.30 Å². The van der Waals surface area contributed by atoms with E-state index in [1.54, 1.807) is 0 Å². The minimum Gasteiger partial charge on any atom is -0.463 e. The average Bonchev–Trinajstić information content (AvgIpc) is 2.98. The number of nitrogens with zero attached hydrogens (tertiary/aromatic N) is 1. The first-order valence-corrected chi connectivity index (χ1v) is 9.80. The van der Waals surface area contributed by atoms with Gasteiger partial charge in [0.25, 0.3) is 0 Å². The lowest BCUT2D eigenvalue weighted by molar-refractivity contribution is -0.137. The highest BCUT2D eigenvalue weighted by Gasteiger charge is 2.36. The van der Waals surface area contributed by atoms with E-state index in [1.165, 1.54) is 41.2 Å². The fourth-order valence-corrected chi connectivity index (χ4v) is 4.02. The van der Waals surface area contributed by atoms with E-state index in [0.29, 0.717) is 6.61 Å². The van der Waals surface area contributed by atoms with Crippen molar-refractivity contribution in [3.05, 3.63) is 53.4 Å². The molecular formula is C24H31NO2. The predicted octanol–water partition coefficient (Wildman–Crippen LogP) is 5.62. The minimum atomic E-state index is -0.307. The van der Waals surface area contributed by atoms with Crippen molar-refractivity contribution in [2.75, 3.05) is 6.61 Å². The molecule has 0 saturated carbocycles. The van der Waals surface area contributed by atoms with Crippen LogP contribution in [0, 0.1) is 0 Å². The number of rotatable bonds is 4. The Labute approximate surface area is 163 Å². The SMILES string of the molecule is CCOC(=O)/C=C/c1cc(-c2ccc3c(c2)C(C)(C)CCC3(C)C)cn1C. The lowest BCUT2D eigenvalue weighted by Crippen LogP contribution is -2.33. The van der Waals surface area contributed by atoms with Gasteiger partial charge in [-0.15, -0.1) is 0 Å². The van der Waals surface area contributed by atoms with E-state index in [-0.39, 0.29) is 16.8 Å². The second kappa shape index (κ2) is 7.03. The zero-order valence-electron chi connectivity index (χ0n) is 17.4. The molecule has 1 aromatic heterocycles. The number of fused-ring (bicyclic) bond motifs is 1. The van der Waals surface area contributed by atoms with Crippen molar-refractivity contribution in [1.29, 1.82) is 0 Å². The van der Waals surface area contributed by atoms with Crippen molar-refractivity contribution < 1.29 is 9.53 Å². The van der Waals surface area contributed by atoms with E-state index in [9.17, 15) is 4.79 Å². The van der Waals surface area contributed by atoms with Gasteiger partial charge in [0.2, 0.25) is 0 Å². The van der Waals surface area contributed by atoms with Crippen molar-refractivity contribution in [2.45, 2.75) is 58.3 Å². The molecule has 0 fully saturated rings. The molecule has 0 bridgehead atoms.